The summed E-state index contributed by atoms with van der Waals surface area (Å²) in [6, 6.07) is 4.58. The van der Waals surface area contributed by atoms with Crippen molar-refractivity contribution in [2.75, 3.05) is 11.5 Å². The summed E-state index contributed by atoms with van der Waals surface area (Å²) in [5.74, 6) is -0.328. The maximum Gasteiger partial charge on any atom is 0.232 e. The SMILES string of the molecule is Nc1ncc(-c2cc(-c3ncccc3F)c3c(N)c([S+]([O-])C4CCC4)sc3n2)cn1. The standard InChI is InChI=1S/C20H17FN6OS2/c21-13-5-2-6-24-17(13)12-7-14(10-8-25-20(23)26-9-10)27-18-15(12)16(22)19(29-18)30(28)11-3-1-4-11/h2,5-9,11H,1,3-4,22H2,(H2,23,25,26). The lowest BCUT2D eigenvalue weighted by Crippen LogP contribution is -2.28. The van der Waals surface area contributed by atoms with Crippen molar-refractivity contribution in [3.8, 4) is 22.5 Å². The second kappa shape index (κ2) is 7.46. The lowest BCUT2D eigenvalue weighted by Gasteiger charge is -2.27. The van der Waals surface area contributed by atoms with Gasteiger partial charge in [0, 0.05) is 46.3 Å². The number of fused-ring (bicyclic) bond motifs is 1. The molecule has 0 saturated heterocycles. The molecule has 4 N–H and O–H groups in total. The van der Waals surface area contributed by atoms with Crippen LogP contribution in [0.3, 0.4) is 0 Å². The van der Waals surface area contributed by atoms with Crippen molar-refractivity contribution in [2.45, 2.75) is 28.7 Å². The number of rotatable bonds is 4. The number of hydrogen-bond donors (Lipinski definition) is 2. The summed E-state index contributed by atoms with van der Waals surface area (Å²) < 4.78 is 28.3. The summed E-state index contributed by atoms with van der Waals surface area (Å²) in [5.41, 5.74) is 14.2. The quantitative estimate of drug-likeness (QED) is 0.462. The smallest absolute Gasteiger partial charge is 0.232 e. The largest absolute Gasteiger partial charge is 0.611 e. The molecule has 0 aromatic carbocycles. The van der Waals surface area contributed by atoms with Gasteiger partial charge in [-0.25, -0.2) is 19.3 Å². The monoisotopic (exact) mass is 440 g/mol. The average Bonchev–Trinajstić information content (AvgIpc) is 3.04. The van der Waals surface area contributed by atoms with Gasteiger partial charge in [0.25, 0.3) is 0 Å². The molecule has 1 unspecified atom stereocenters. The number of thiophene rings is 1. The number of aromatic nitrogens is 4. The van der Waals surface area contributed by atoms with E-state index in [-0.39, 0.29) is 16.9 Å². The minimum absolute atomic E-state index is 0.111. The third-order valence-electron chi connectivity index (χ3n) is 5.18. The Morgan fingerprint density at radius 3 is 2.60 bits per heavy atom. The van der Waals surface area contributed by atoms with E-state index >= 15 is 0 Å². The van der Waals surface area contributed by atoms with E-state index in [0.29, 0.717) is 36.9 Å². The van der Waals surface area contributed by atoms with Crippen molar-refractivity contribution in [1.82, 2.24) is 19.9 Å². The first-order valence-corrected chi connectivity index (χ1v) is 11.4. The maximum absolute atomic E-state index is 14.7. The van der Waals surface area contributed by atoms with E-state index in [1.807, 2.05) is 0 Å². The van der Waals surface area contributed by atoms with Gasteiger partial charge in [-0.1, -0.05) is 11.3 Å². The van der Waals surface area contributed by atoms with Crippen LogP contribution in [0.2, 0.25) is 0 Å². The number of nitrogen functional groups attached to an aromatic ring is 2. The van der Waals surface area contributed by atoms with Crippen molar-refractivity contribution in [3.05, 3.63) is 42.6 Å². The van der Waals surface area contributed by atoms with Gasteiger partial charge in [0.15, 0.2) is 0 Å². The Labute approximate surface area is 178 Å². The minimum atomic E-state index is -1.21. The summed E-state index contributed by atoms with van der Waals surface area (Å²) in [7, 11) is 0. The van der Waals surface area contributed by atoms with E-state index in [0.717, 1.165) is 19.3 Å². The molecule has 1 aliphatic carbocycles. The van der Waals surface area contributed by atoms with Gasteiger partial charge in [0.1, 0.15) is 27.3 Å². The highest BCUT2D eigenvalue weighted by molar-refractivity contribution is 7.94. The first-order chi connectivity index (χ1) is 14.5. The van der Waals surface area contributed by atoms with Crippen LogP contribution in [0.15, 0.2) is 41.0 Å². The number of halogens is 1. The Hall–Kier alpha value is -2.82. The highest BCUT2D eigenvalue weighted by Gasteiger charge is 2.35. The number of pyridine rings is 2. The van der Waals surface area contributed by atoms with E-state index in [9.17, 15) is 8.94 Å². The van der Waals surface area contributed by atoms with Crippen LogP contribution >= 0.6 is 11.3 Å². The first kappa shape index (κ1) is 19.2. The molecule has 152 valence electrons. The van der Waals surface area contributed by atoms with Crippen LogP contribution in [-0.2, 0) is 11.2 Å². The van der Waals surface area contributed by atoms with Crippen LogP contribution in [0.25, 0.3) is 32.7 Å². The number of nitrogens with zero attached hydrogens (tertiary/aromatic N) is 4. The van der Waals surface area contributed by atoms with Crippen molar-refractivity contribution in [1.29, 1.82) is 0 Å². The Morgan fingerprint density at radius 1 is 1.17 bits per heavy atom. The maximum atomic E-state index is 14.7. The van der Waals surface area contributed by atoms with Gasteiger partial charge in [0.2, 0.25) is 10.2 Å². The molecule has 0 amide bonds. The van der Waals surface area contributed by atoms with Crippen LogP contribution in [0.1, 0.15) is 19.3 Å². The number of anilines is 2. The molecule has 7 nitrogen and oxygen atoms in total. The van der Waals surface area contributed by atoms with Gasteiger partial charge in [-0.05, 0) is 37.5 Å². The van der Waals surface area contributed by atoms with Gasteiger partial charge in [0.05, 0.1) is 5.69 Å². The van der Waals surface area contributed by atoms with Crippen LogP contribution < -0.4 is 11.5 Å². The molecule has 30 heavy (non-hydrogen) atoms. The number of nitrogens with two attached hydrogens (primary N) is 2. The molecular weight excluding hydrogens is 423 g/mol. The topological polar surface area (TPSA) is 127 Å². The van der Waals surface area contributed by atoms with E-state index in [4.69, 9.17) is 16.5 Å². The van der Waals surface area contributed by atoms with Crippen molar-refractivity contribution < 1.29 is 8.94 Å². The molecule has 0 spiro atoms. The average molecular weight is 441 g/mol. The fourth-order valence-corrected chi connectivity index (χ4v) is 6.59. The molecule has 4 aromatic heterocycles. The molecule has 0 radical (unpaired) electrons. The second-order valence-electron chi connectivity index (χ2n) is 7.05. The second-order valence-corrected chi connectivity index (χ2v) is 9.98. The predicted octanol–water partition coefficient (Wildman–Crippen LogP) is 3.78. The molecule has 1 atom stereocenters. The number of hydrogen-bond acceptors (Lipinski definition) is 8. The Kier molecular flexibility index (Phi) is 4.76. The summed E-state index contributed by atoms with van der Waals surface area (Å²) in [6.45, 7) is 0. The van der Waals surface area contributed by atoms with Gasteiger partial charge >= 0.3 is 0 Å². The van der Waals surface area contributed by atoms with Crippen molar-refractivity contribution in [2.24, 2.45) is 0 Å². The molecule has 1 fully saturated rings. The Balaban J connectivity index is 1.76. The molecule has 4 heterocycles. The lowest BCUT2D eigenvalue weighted by molar-refractivity contribution is 0.478. The molecule has 0 aliphatic heterocycles. The van der Waals surface area contributed by atoms with E-state index in [2.05, 4.69) is 15.0 Å². The van der Waals surface area contributed by atoms with Crippen LogP contribution in [0.5, 0.6) is 0 Å². The molecule has 1 aliphatic rings. The molecular formula is C20H17FN6OS2. The zero-order chi connectivity index (χ0) is 20.8. The first-order valence-electron chi connectivity index (χ1n) is 9.35. The highest BCUT2D eigenvalue weighted by Crippen LogP contribution is 2.45. The van der Waals surface area contributed by atoms with Gasteiger partial charge in [-0.15, -0.1) is 0 Å². The van der Waals surface area contributed by atoms with E-state index in [1.54, 1.807) is 18.5 Å². The molecule has 1 saturated carbocycles. The summed E-state index contributed by atoms with van der Waals surface area (Å²) in [5, 5.41) is 0.681. The Bertz CT molecular complexity index is 1240. The third kappa shape index (κ3) is 3.17. The molecule has 0 bridgehead atoms. The fraction of sp³-hybridized carbons (Fsp3) is 0.200. The van der Waals surface area contributed by atoms with Gasteiger partial charge in [-0.2, -0.15) is 0 Å². The summed E-state index contributed by atoms with van der Waals surface area (Å²) in [6.07, 6.45) is 7.55. The fourth-order valence-electron chi connectivity index (χ4n) is 3.38. The molecule has 10 heteroatoms. The third-order valence-corrected chi connectivity index (χ3v) is 8.48. The van der Waals surface area contributed by atoms with Crippen molar-refractivity contribution in [3.63, 3.8) is 0 Å². The van der Waals surface area contributed by atoms with E-state index in [1.165, 1.54) is 29.7 Å². The van der Waals surface area contributed by atoms with Crippen molar-refractivity contribution >= 4 is 44.4 Å². The van der Waals surface area contributed by atoms with Crippen LogP contribution in [-0.4, -0.2) is 29.7 Å². The predicted molar refractivity (Wildman–Crippen MR) is 117 cm³/mol. The van der Waals surface area contributed by atoms with Crippen LogP contribution in [0.4, 0.5) is 16.0 Å². The Morgan fingerprint density at radius 2 is 1.93 bits per heavy atom. The summed E-state index contributed by atoms with van der Waals surface area (Å²) >= 11 is 0.0726. The van der Waals surface area contributed by atoms with Gasteiger partial charge < -0.3 is 16.0 Å². The minimum Gasteiger partial charge on any atom is -0.611 e. The normalized spacial score (nSPS) is 15.3. The lowest BCUT2D eigenvalue weighted by atomic mass is 10.00. The summed E-state index contributed by atoms with van der Waals surface area (Å²) in [4.78, 5) is 17.5. The molecule has 4 aromatic rings. The molecule has 5 rings (SSSR count). The zero-order valence-electron chi connectivity index (χ0n) is 15.7. The zero-order valence-corrected chi connectivity index (χ0v) is 17.3. The van der Waals surface area contributed by atoms with Gasteiger partial charge in [-0.3, -0.25) is 4.98 Å². The van der Waals surface area contributed by atoms with Crippen LogP contribution in [0, 0.1) is 5.82 Å². The van der Waals surface area contributed by atoms with E-state index < -0.39 is 17.0 Å². The highest BCUT2D eigenvalue weighted by atomic mass is 32.2.